The number of aromatic amines is 1. The molecule has 0 saturated heterocycles. The van der Waals surface area contributed by atoms with Crippen molar-refractivity contribution in [3.8, 4) is 34.1 Å². The lowest BCUT2D eigenvalue weighted by Gasteiger charge is -2.10. The Hall–Kier alpha value is -4.53. The molecule has 2 aromatic carbocycles. The molecule has 3 heterocycles. The maximum absolute atomic E-state index is 13.4. The van der Waals surface area contributed by atoms with Gasteiger partial charge in [-0.05, 0) is 46.2 Å². The molecule has 1 N–H and O–H groups in total. The van der Waals surface area contributed by atoms with Gasteiger partial charge in [0.25, 0.3) is 0 Å². The van der Waals surface area contributed by atoms with Crippen molar-refractivity contribution in [2.24, 2.45) is 0 Å². The van der Waals surface area contributed by atoms with Crippen molar-refractivity contribution in [2.45, 2.75) is 26.3 Å². The zero-order valence-electron chi connectivity index (χ0n) is 19.5. The summed E-state index contributed by atoms with van der Waals surface area (Å²) >= 11 is 0. The summed E-state index contributed by atoms with van der Waals surface area (Å²) in [6.07, 6.45) is 5.38. The second kappa shape index (κ2) is 9.76. The molecule has 35 heavy (non-hydrogen) atoms. The molecule has 0 aliphatic rings. The van der Waals surface area contributed by atoms with Crippen molar-refractivity contribution in [3.05, 3.63) is 94.8 Å². The average Bonchev–Trinajstić information content (AvgIpc) is 3.54. The zero-order chi connectivity index (χ0) is 24.2. The molecule has 0 amide bonds. The van der Waals surface area contributed by atoms with E-state index in [1.54, 1.807) is 17.9 Å². The van der Waals surface area contributed by atoms with Crippen molar-refractivity contribution in [2.75, 3.05) is 7.11 Å². The minimum atomic E-state index is -0.0885. The Balaban J connectivity index is 1.48. The first-order valence-corrected chi connectivity index (χ1v) is 11.4. The van der Waals surface area contributed by atoms with Gasteiger partial charge in [-0.15, -0.1) is 5.10 Å². The molecule has 0 radical (unpaired) electrons. The highest BCUT2D eigenvalue weighted by atomic mass is 16.5. The molecule has 0 atom stereocenters. The van der Waals surface area contributed by atoms with Gasteiger partial charge in [0.1, 0.15) is 11.4 Å². The van der Waals surface area contributed by atoms with Crippen LogP contribution in [-0.4, -0.2) is 41.9 Å². The van der Waals surface area contributed by atoms with Gasteiger partial charge < -0.3 is 4.74 Å². The lowest BCUT2D eigenvalue weighted by atomic mass is 10.0. The number of imidazole rings is 1. The Morgan fingerprint density at radius 2 is 1.86 bits per heavy atom. The standard InChI is InChI=1S/C26H25N7O2/c1-3-7-20-17-33(22-9-4-5-10-23(22)35-2)26(34)32(20)16-18-11-13-19(14-12-18)21-8-6-15-27-24(21)25-28-30-31-29-25/h4-6,8-15,17H,3,7,16H2,1-2H3,(H,28,29,30,31). The summed E-state index contributed by atoms with van der Waals surface area (Å²) in [4.78, 5) is 17.9. The van der Waals surface area contributed by atoms with Crippen molar-refractivity contribution >= 4 is 0 Å². The number of hydrogen-bond acceptors (Lipinski definition) is 6. The summed E-state index contributed by atoms with van der Waals surface area (Å²) in [5, 5.41) is 14.1. The number of pyridine rings is 1. The van der Waals surface area contributed by atoms with Crippen LogP contribution in [0.2, 0.25) is 0 Å². The minimum Gasteiger partial charge on any atom is -0.495 e. The van der Waals surface area contributed by atoms with Gasteiger partial charge in [0, 0.05) is 23.7 Å². The smallest absolute Gasteiger partial charge is 0.333 e. The van der Waals surface area contributed by atoms with Crippen LogP contribution in [0.5, 0.6) is 5.75 Å². The number of rotatable bonds is 8. The Morgan fingerprint density at radius 1 is 1.03 bits per heavy atom. The Bertz CT molecular complexity index is 1490. The number of aryl methyl sites for hydroxylation is 1. The molecule has 0 aliphatic carbocycles. The topological polar surface area (TPSA) is 104 Å². The number of nitrogens with one attached hydrogen (secondary N) is 1. The molecule has 0 fully saturated rings. The largest absolute Gasteiger partial charge is 0.495 e. The molecular weight excluding hydrogens is 442 g/mol. The van der Waals surface area contributed by atoms with Crippen LogP contribution in [0.1, 0.15) is 24.6 Å². The highest BCUT2D eigenvalue weighted by Gasteiger charge is 2.16. The number of ether oxygens (including phenoxy) is 1. The summed E-state index contributed by atoms with van der Waals surface area (Å²) in [7, 11) is 1.61. The van der Waals surface area contributed by atoms with E-state index in [9.17, 15) is 4.79 Å². The van der Waals surface area contributed by atoms with Gasteiger partial charge in [-0.3, -0.25) is 14.1 Å². The third kappa shape index (κ3) is 4.35. The molecule has 176 valence electrons. The Morgan fingerprint density at radius 3 is 2.60 bits per heavy atom. The van der Waals surface area contributed by atoms with Gasteiger partial charge in [0.15, 0.2) is 5.82 Å². The Kier molecular flexibility index (Phi) is 6.21. The molecule has 5 rings (SSSR count). The molecule has 0 aliphatic heterocycles. The highest BCUT2D eigenvalue weighted by Crippen LogP contribution is 2.28. The molecule has 9 heteroatoms. The molecule has 3 aromatic heterocycles. The number of tetrazole rings is 1. The van der Waals surface area contributed by atoms with Crippen LogP contribution in [0, 0.1) is 0 Å². The van der Waals surface area contributed by atoms with E-state index >= 15 is 0 Å². The van der Waals surface area contributed by atoms with E-state index in [4.69, 9.17) is 4.74 Å². The van der Waals surface area contributed by atoms with E-state index in [1.165, 1.54) is 0 Å². The van der Waals surface area contributed by atoms with Crippen LogP contribution in [0.3, 0.4) is 0 Å². The lowest BCUT2D eigenvalue weighted by molar-refractivity contribution is 0.412. The quantitative estimate of drug-likeness (QED) is 0.371. The summed E-state index contributed by atoms with van der Waals surface area (Å²) in [5.41, 5.74) is 5.25. The molecule has 0 unspecified atom stereocenters. The van der Waals surface area contributed by atoms with Crippen LogP contribution in [0.15, 0.2) is 77.9 Å². The van der Waals surface area contributed by atoms with E-state index in [2.05, 4.69) is 32.5 Å². The minimum absolute atomic E-state index is 0.0885. The second-order valence-corrected chi connectivity index (χ2v) is 8.13. The summed E-state index contributed by atoms with van der Waals surface area (Å²) in [6, 6.07) is 19.5. The first-order chi connectivity index (χ1) is 17.2. The number of nitrogens with zero attached hydrogens (tertiary/aromatic N) is 6. The Labute approximate surface area is 202 Å². The van der Waals surface area contributed by atoms with Gasteiger partial charge in [0.05, 0.1) is 19.3 Å². The normalized spacial score (nSPS) is 11.0. The SMILES string of the molecule is CCCc1cn(-c2ccccc2OC)c(=O)n1Cc1ccc(-c2cccnc2-c2nnn[nH]2)cc1. The number of benzene rings is 2. The van der Waals surface area contributed by atoms with E-state index in [0.29, 0.717) is 23.8 Å². The maximum Gasteiger partial charge on any atom is 0.333 e. The fourth-order valence-corrected chi connectivity index (χ4v) is 4.21. The van der Waals surface area contributed by atoms with Crippen LogP contribution < -0.4 is 10.4 Å². The van der Waals surface area contributed by atoms with Crippen LogP contribution in [0.25, 0.3) is 28.3 Å². The van der Waals surface area contributed by atoms with Gasteiger partial charge in [-0.2, -0.15) is 0 Å². The van der Waals surface area contributed by atoms with Crippen molar-refractivity contribution < 1.29 is 4.74 Å². The molecule has 0 spiro atoms. The molecule has 5 aromatic rings. The molecular formula is C26H25N7O2. The van der Waals surface area contributed by atoms with Gasteiger partial charge >= 0.3 is 5.69 Å². The van der Waals surface area contributed by atoms with Gasteiger partial charge in [-0.25, -0.2) is 9.89 Å². The first-order valence-electron chi connectivity index (χ1n) is 11.4. The van der Waals surface area contributed by atoms with Crippen LogP contribution in [0.4, 0.5) is 0 Å². The summed E-state index contributed by atoms with van der Waals surface area (Å²) in [6.45, 7) is 2.59. The zero-order valence-corrected chi connectivity index (χ0v) is 19.5. The monoisotopic (exact) mass is 467 g/mol. The third-order valence-corrected chi connectivity index (χ3v) is 5.90. The molecule has 0 saturated carbocycles. The number of hydrogen-bond donors (Lipinski definition) is 1. The van der Waals surface area contributed by atoms with Gasteiger partial charge in [-0.1, -0.05) is 55.8 Å². The van der Waals surface area contributed by atoms with Crippen molar-refractivity contribution in [1.29, 1.82) is 0 Å². The predicted octanol–water partition coefficient (Wildman–Crippen LogP) is 3.89. The van der Waals surface area contributed by atoms with E-state index in [1.807, 2.05) is 71.4 Å². The van der Waals surface area contributed by atoms with Crippen molar-refractivity contribution in [3.63, 3.8) is 0 Å². The molecule has 0 bridgehead atoms. The van der Waals surface area contributed by atoms with Crippen molar-refractivity contribution in [1.82, 2.24) is 34.7 Å². The molecule has 9 nitrogen and oxygen atoms in total. The number of methoxy groups -OCH3 is 1. The average molecular weight is 468 g/mol. The number of para-hydroxylation sites is 2. The van der Waals surface area contributed by atoms with E-state index in [-0.39, 0.29) is 5.69 Å². The van der Waals surface area contributed by atoms with E-state index < -0.39 is 0 Å². The summed E-state index contributed by atoms with van der Waals surface area (Å²) < 4.78 is 8.99. The van der Waals surface area contributed by atoms with Crippen LogP contribution >= 0.6 is 0 Å². The van der Waals surface area contributed by atoms with Gasteiger partial charge in [0.2, 0.25) is 0 Å². The first kappa shape index (κ1) is 22.3. The van der Waals surface area contributed by atoms with Crippen LogP contribution in [-0.2, 0) is 13.0 Å². The third-order valence-electron chi connectivity index (χ3n) is 5.90. The number of aromatic nitrogens is 7. The number of H-pyrrole nitrogens is 1. The fourth-order valence-electron chi connectivity index (χ4n) is 4.21. The maximum atomic E-state index is 13.4. The van der Waals surface area contributed by atoms with E-state index in [0.717, 1.165) is 40.9 Å². The second-order valence-electron chi connectivity index (χ2n) is 8.13. The summed E-state index contributed by atoms with van der Waals surface area (Å²) in [5.74, 6) is 1.17. The fraction of sp³-hybridized carbons (Fsp3) is 0.192. The lowest BCUT2D eigenvalue weighted by Crippen LogP contribution is -2.25. The predicted molar refractivity (Wildman–Crippen MR) is 133 cm³/mol. The highest BCUT2D eigenvalue weighted by molar-refractivity contribution is 5.77.